The van der Waals surface area contributed by atoms with Gasteiger partial charge in [0.25, 0.3) is 0 Å². The van der Waals surface area contributed by atoms with Crippen molar-refractivity contribution in [3.8, 4) is 0 Å². The van der Waals surface area contributed by atoms with Gasteiger partial charge in [0.2, 0.25) is 5.91 Å². The molecule has 0 fully saturated rings. The van der Waals surface area contributed by atoms with E-state index in [1.165, 1.54) is 6.08 Å². The van der Waals surface area contributed by atoms with Gasteiger partial charge in [-0.3, -0.25) is 9.78 Å². The van der Waals surface area contributed by atoms with Crippen molar-refractivity contribution < 1.29 is 4.79 Å². The van der Waals surface area contributed by atoms with Gasteiger partial charge >= 0.3 is 0 Å². The summed E-state index contributed by atoms with van der Waals surface area (Å²) in [5, 5.41) is 2.68. The van der Waals surface area contributed by atoms with Crippen LogP contribution in [0.25, 0.3) is 17.1 Å². The van der Waals surface area contributed by atoms with Gasteiger partial charge in [-0.25, -0.2) is 4.98 Å². The smallest absolute Gasteiger partial charge is 0.244 e. The molecule has 2 aromatic rings. The molecule has 0 aliphatic heterocycles. The molecule has 86 valence electrons. The van der Waals surface area contributed by atoms with E-state index in [9.17, 15) is 4.79 Å². The third kappa shape index (κ3) is 2.87. The molecule has 17 heavy (non-hydrogen) atoms. The van der Waals surface area contributed by atoms with E-state index in [2.05, 4.69) is 15.3 Å². The molecule has 1 heterocycles. The number of nitrogens with zero attached hydrogens (tertiary/aromatic N) is 2. The number of hydrogen-bond donors (Lipinski definition) is 1. The number of aromatic nitrogens is 2. The van der Waals surface area contributed by atoms with Crippen LogP contribution in [0.15, 0.2) is 36.5 Å². The van der Waals surface area contributed by atoms with Crippen molar-refractivity contribution >= 4 is 23.0 Å². The van der Waals surface area contributed by atoms with E-state index in [1.807, 2.05) is 31.2 Å². The number of rotatable bonds is 3. The molecule has 0 saturated carbocycles. The Hall–Kier alpha value is -2.23. The zero-order chi connectivity index (χ0) is 12.1. The van der Waals surface area contributed by atoms with Crippen LogP contribution in [-0.4, -0.2) is 22.4 Å². The van der Waals surface area contributed by atoms with Crippen molar-refractivity contribution in [2.75, 3.05) is 6.54 Å². The van der Waals surface area contributed by atoms with Gasteiger partial charge in [-0.2, -0.15) is 0 Å². The number of amides is 1. The molecule has 0 spiro atoms. The van der Waals surface area contributed by atoms with E-state index >= 15 is 0 Å². The number of carbonyl (C=O) groups excluding carboxylic acids is 1. The van der Waals surface area contributed by atoms with Gasteiger partial charge in [-0.15, -0.1) is 0 Å². The summed E-state index contributed by atoms with van der Waals surface area (Å²) in [5.41, 5.74) is 2.35. The highest BCUT2D eigenvalue weighted by Crippen LogP contribution is 2.08. The minimum absolute atomic E-state index is 0.123. The lowest BCUT2D eigenvalue weighted by Gasteiger charge is -1.98. The number of fused-ring (bicyclic) bond motifs is 1. The fraction of sp³-hybridized carbons (Fsp3) is 0.154. The van der Waals surface area contributed by atoms with E-state index in [0.29, 0.717) is 12.2 Å². The molecule has 0 aliphatic carbocycles. The lowest BCUT2D eigenvalue weighted by atomic mass is 10.3. The minimum Gasteiger partial charge on any atom is -0.353 e. The molecule has 1 N–H and O–H groups in total. The summed E-state index contributed by atoms with van der Waals surface area (Å²) in [7, 11) is 0. The molecule has 1 aromatic carbocycles. The van der Waals surface area contributed by atoms with Gasteiger partial charge in [0.1, 0.15) is 0 Å². The molecule has 1 amide bonds. The van der Waals surface area contributed by atoms with E-state index in [1.54, 1.807) is 12.3 Å². The molecular formula is C13H13N3O. The minimum atomic E-state index is -0.123. The van der Waals surface area contributed by atoms with Gasteiger partial charge in [0.15, 0.2) is 0 Å². The van der Waals surface area contributed by atoms with E-state index < -0.39 is 0 Å². The zero-order valence-electron chi connectivity index (χ0n) is 9.55. The second-order valence-electron chi connectivity index (χ2n) is 3.51. The molecule has 0 bridgehead atoms. The van der Waals surface area contributed by atoms with Crippen LogP contribution in [0.4, 0.5) is 0 Å². The number of nitrogens with one attached hydrogen (secondary N) is 1. The summed E-state index contributed by atoms with van der Waals surface area (Å²) in [5.74, 6) is -0.123. The second kappa shape index (κ2) is 5.21. The quantitative estimate of drug-likeness (QED) is 0.813. The van der Waals surface area contributed by atoms with Crippen LogP contribution < -0.4 is 5.32 Å². The van der Waals surface area contributed by atoms with Crippen LogP contribution in [0.3, 0.4) is 0 Å². The number of likely N-dealkylation sites (N-methyl/N-ethyl adjacent to an activating group) is 1. The molecule has 0 aliphatic rings. The molecule has 1 aromatic heterocycles. The molecule has 0 unspecified atom stereocenters. The van der Waals surface area contributed by atoms with Crippen molar-refractivity contribution in [3.63, 3.8) is 0 Å². The monoisotopic (exact) mass is 227 g/mol. The number of benzene rings is 1. The zero-order valence-corrected chi connectivity index (χ0v) is 9.55. The first kappa shape index (κ1) is 11.3. The third-order valence-corrected chi connectivity index (χ3v) is 2.22. The molecular weight excluding hydrogens is 214 g/mol. The van der Waals surface area contributed by atoms with Crippen molar-refractivity contribution in [1.29, 1.82) is 0 Å². The Morgan fingerprint density at radius 1 is 1.35 bits per heavy atom. The predicted octanol–water partition coefficient (Wildman–Crippen LogP) is 1.78. The Morgan fingerprint density at radius 3 is 2.88 bits per heavy atom. The summed E-state index contributed by atoms with van der Waals surface area (Å²) in [6, 6.07) is 7.63. The Balaban J connectivity index is 2.22. The van der Waals surface area contributed by atoms with Gasteiger partial charge in [0, 0.05) is 12.6 Å². The van der Waals surface area contributed by atoms with E-state index in [-0.39, 0.29) is 5.91 Å². The van der Waals surface area contributed by atoms with Crippen molar-refractivity contribution in [1.82, 2.24) is 15.3 Å². The molecule has 2 rings (SSSR count). The lowest BCUT2D eigenvalue weighted by molar-refractivity contribution is -0.116. The number of hydrogen-bond acceptors (Lipinski definition) is 3. The first-order valence-electron chi connectivity index (χ1n) is 5.47. The lowest BCUT2D eigenvalue weighted by Crippen LogP contribution is -2.19. The first-order valence-corrected chi connectivity index (χ1v) is 5.47. The molecule has 4 nitrogen and oxygen atoms in total. The highest BCUT2D eigenvalue weighted by Gasteiger charge is 1.97. The Labute approximate surface area is 99.4 Å². The fourth-order valence-electron chi connectivity index (χ4n) is 1.45. The third-order valence-electron chi connectivity index (χ3n) is 2.22. The average Bonchev–Trinajstić information content (AvgIpc) is 2.36. The summed E-state index contributed by atoms with van der Waals surface area (Å²) >= 11 is 0. The summed E-state index contributed by atoms with van der Waals surface area (Å²) in [6.07, 6.45) is 4.77. The van der Waals surface area contributed by atoms with Crippen LogP contribution in [0.5, 0.6) is 0 Å². The van der Waals surface area contributed by atoms with E-state index in [0.717, 1.165) is 11.0 Å². The Bertz CT molecular complexity index is 563. The maximum absolute atomic E-state index is 11.2. The van der Waals surface area contributed by atoms with Gasteiger partial charge in [-0.1, -0.05) is 12.1 Å². The van der Waals surface area contributed by atoms with Gasteiger partial charge < -0.3 is 5.32 Å². The Morgan fingerprint density at radius 2 is 2.12 bits per heavy atom. The maximum atomic E-state index is 11.2. The topological polar surface area (TPSA) is 54.9 Å². The van der Waals surface area contributed by atoms with Gasteiger partial charge in [0.05, 0.1) is 22.9 Å². The molecule has 4 heteroatoms. The normalized spacial score (nSPS) is 10.9. The molecule has 0 saturated heterocycles. The highest BCUT2D eigenvalue weighted by molar-refractivity contribution is 5.91. The van der Waals surface area contributed by atoms with E-state index in [4.69, 9.17) is 0 Å². The molecule has 0 atom stereocenters. The summed E-state index contributed by atoms with van der Waals surface area (Å²) in [4.78, 5) is 19.9. The number of para-hydroxylation sites is 2. The van der Waals surface area contributed by atoms with Crippen LogP contribution in [0.1, 0.15) is 12.6 Å². The predicted molar refractivity (Wildman–Crippen MR) is 67.3 cm³/mol. The van der Waals surface area contributed by atoms with Gasteiger partial charge in [-0.05, 0) is 25.1 Å². The standard InChI is InChI=1S/C13H13N3O/c1-2-14-13(17)8-7-10-9-15-11-5-3-4-6-12(11)16-10/h3-9H,2H2,1H3,(H,14,17)/b8-7+. The Kier molecular flexibility index (Phi) is 3.45. The van der Waals surface area contributed by atoms with Crippen LogP contribution in [0, 0.1) is 0 Å². The largest absolute Gasteiger partial charge is 0.353 e. The van der Waals surface area contributed by atoms with Crippen LogP contribution in [-0.2, 0) is 4.79 Å². The number of carbonyl (C=O) groups is 1. The first-order chi connectivity index (χ1) is 8.29. The van der Waals surface area contributed by atoms with Crippen LogP contribution >= 0.6 is 0 Å². The SMILES string of the molecule is CCNC(=O)/C=C/c1cnc2ccccc2n1. The summed E-state index contributed by atoms with van der Waals surface area (Å²) < 4.78 is 0. The van der Waals surface area contributed by atoms with Crippen LogP contribution in [0.2, 0.25) is 0 Å². The maximum Gasteiger partial charge on any atom is 0.244 e. The van der Waals surface area contributed by atoms with Crippen molar-refractivity contribution in [3.05, 3.63) is 42.2 Å². The second-order valence-corrected chi connectivity index (χ2v) is 3.51. The summed E-state index contributed by atoms with van der Waals surface area (Å²) in [6.45, 7) is 2.49. The highest BCUT2D eigenvalue weighted by atomic mass is 16.1. The average molecular weight is 227 g/mol. The van der Waals surface area contributed by atoms with Crippen molar-refractivity contribution in [2.24, 2.45) is 0 Å². The molecule has 0 radical (unpaired) electrons. The van der Waals surface area contributed by atoms with Crippen molar-refractivity contribution in [2.45, 2.75) is 6.92 Å². The fourth-order valence-corrected chi connectivity index (χ4v) is 1.45.